The number of amides is 3. The van der Waals surface area contributed by atoms with Crippen LogP contribution in [0.25, 0.3) is 6.08 Å². The number of carbonyl (C=O) groups is 3. The maximum atomic E-state index is 13.6. The van der Waals surface area contributed by atoms with Gasteiger partial charge in [0.2, 0.25) is 5.91 Å². The van der Waals surface area contributed by atoms with Gasteiger partial charge in [-0.15, -0.1) is 11.8 Å². The lowest BCUT2D eigenvalue weighted by atomic mass is 10.1. The highest BCUT2D eigenvalue weighted by atomic mass is 35.5. The third-order valence-electron chi connectivity index (χ3n) is 7.12. The van der Waals surface area contributed by atoms with Gasteiger partial charge >= 0.3 is 0 Å². The SMILES string of the molecule is COc1ccc(NC(=O)C(Sc2cccc(NC(=O)/C(=C/c3ccccc3C)NC(=O)c3ccccc3)c2)c2ccccc2)cc1Cl. The first-order valence-electron chi connectivity index (χ1n) is 14.7. The van der Waals surface area contributed by atoms with Crippen molar-refractivity contribution in [1.29, 1.82) is 0 Å². The van der Waals surface area contributed by atoms with Crippen molar-refractivity contribution in [3.05, 3.63) is 160 Å². The molecule has 5 aromatic carbocycles. The number of rotatable bonds is 11. The smallest absolute Gasteiger partial charge is 0.272 e. The van der Waals surface area contributed by atoms with Gasteiger partial charge in [-0.1, -0.05) is 90.5 Å². The van der Waals surface area contributed by atoms with E-state index in [1.54, 1.807) is 66.7 Å². The van der Waals surface area contributed by atoms with Crippen molar-refractivity contribution in [1.82, 2.24) is 5.32 Å². The predicted molar refractivity (Wildman–Crippen MR) is 190 cm³/mol. The van der Waals surface area contributed by atoms with Crippen LogP contribution in [0, 0.1) is 6.92 Å². The second-order valence-electron chi connectivity index (χ2n) is 10.5. The lowest BCUT2D eigenvalue weighted by Gasteiger charge is -2.18. The molecule has 0 aliphatic heterocycles. The monoisotopic (exact) mass is 661 g/mol. The van der Waals surface area contributed by atoms with Crippen molar-refractivity contribution in [2.24, 2.45) is 0 Å². The summed E-state index contributed by atoms with van der Waals surface area (Å²) in [6.45, 7) is 1.93. The Morgan fingerprint density at radius 2 is 1.45 bits per heavy atom. The van der Waals surface area contributed by atoms with Gasteiger partial charge in [0.1, 0.15) is 16.7 Å². The number of benzene rings is 5. The summed E-state index contributed by atoms with van der Waals surface area (Å²) in [6, 6.07) is 38.0. The van der Waals surface area contributed by atoms with Gasteiger partial charge in [-0.3, -0.25) is 14.4 Å². The molecule has 0 radical (unpaired) electrons. The van der Waals surface area contributed by atoms with Gasteiger partial charge in [0, 0.05) is 21.8 Å². The van der Waals surface area contributed by atoms with Gasteiger partial charge in [0.15, 0.2) is 0 Å². The highest BCUT2D eigenvalue weighted by Gasteiger charge is 2.23. The Labute approximate surface area is 283 Å². The summed E-state index contributed by atoms with van der Waals surface area (Å²) in [6.07, 6.45) is 1.66. The molecule has 0 saturated heterocycles. The largest absolute Gasteiger partial charge is 0.495 e. The van der Waals surface area contributed by atoms with E-state index in [9.17, 15) is 14.4 Å². The van der Waals surface area contributed by atoms with Crippen molar-refractivity contribution in [3.63, 3.8) is 0 Å². The van der Waals surface area contributed by atoms with E-state index in [0.717, 1.165) is 21.6 Å². The molecule has 47 heavy (non-hydrogen) atoms. The van der Waals surface area contributed by atoms with Crippen LogP contribution in [-0.2, 0) is 9.59 Å². The lowest BCUT2D eigenvalue weighted by molar-refractivity contribution is -0.116. The Hall–Kier alpha value is -5.31. The molecule has 236 valence electrons. The summed E-state index contributed by atoms with van der Waals surface area (Å²) in [5, 5.41) is 8.42. The molecule has 0 aromatic heterocycles. The maximum absolute atomic E-state index is 13.6. The van der Waals surface area contributed by atoms with Gasteiger partial charge in [-0.05, 0) is 78.2 Å². The Kier molecular flexibility index (Phi) is 11.1. The molecule has 0 aliphatic rings. The van der Waals surface area contributed by atoms with Gasteiger partial charge in [0.05, 0.1) is 12.1 Å². The summed E-state index contributed by atoms with van der Waals surface area (Å²) < 4.78 is 5.23. The molecule has 0 heterocycles. The Morgan fingerprint density at radius 1 is 0.766 bits per heavy atom. The average Bonchev–Trinajstić information content (AvgIpc) is 3.08. The first kappa shape index (κ1) is 33.1. The fourth-order valence-corrected chi connectivity index (χ4v) is 6.02. The molecule has 5 rings (SSSR count). The number of halogens is 1. The van der Waals surface area contributed by atoms with Crippen LogP contribution in [0.15, 0.2) is 138 Å². The molecule has 1 atom stereocenters. The Bertz CT molecular complexity index is 1920. The molecule has 0 spiro atoms. The van der Waals surface area contributed by atoms with Crippen LogP contribution in [0.1, 0.15) is 32.3 Å². The van der Waals surface area contributed by atoms with Crippen LogP contribution in [0.2, 0.25) is 5.02 Å². The summed E-state index contributed by atoms with van der Waals surface area (Å²) in [5.74, 6) is -0.633. The van der Waals surface area contributed by atoms with E-state index in [1.165, 1.54) is 18.9 Å². The molecule has 7 nitrogen and oxygen atoms in total. The standard InChI is InChI=1S/C38H32ClN3O4S/c1-25-12-9-10-17-28(25)22-33(42-36(43)27-15-7-4-8-16-27)37(44)40-29-18-11-19-31(23-29)47-35(26-13-5-3-6-14-26)38(45)41-30-20-21-34(46-2)32(39)24-30/h3-24,35H,1-2H3,(H,40,44)(H,41,45)(H,42,43)/b33-22-. The fraction of sp³-hybridized carbons (Fsp3) is 0.0789. The van der Waals surface area contributed by atoms with Crippen molar-refractivity contribution >= 4 is 58.5 Å². The van der Waals surface area contributed by atoms with Crippen molar-refractivity contribution < 1.29 is 19.1 Å². The topological polar surface area (TPSA) is 96.5 Å². The zero-order valence-corrected chi connectivity index (χ0v) is 27.3. The first-order chi connectivity index (χ1) is 22.8. The molecule has 3 N–H and O–H groups in total. The third kappa shape index (κ3) is 8.91. The van der Waals surface area contributed by atoms with Crippen LogP contribution < -0.4 is 20.7 Å². The highest BCUT2D eigenvalue weighted by Crippen LogP contribution is 2.38. The molecule has 0 aliphatic carbocycles. The molecule has 5 aromatic rings. The number of aryl methyl sites for hydroxylation is 1. The van der Waals surface area contributed by atoms with E-state index in [4.69, 9.17) is 16.3 Å². The Morgan fingerprint density at radius 3 is 2.15 bits per heavy atom. The second-order valence-corrected chi connectivity index (χ2v) is 12.0. The third-order valence-corrected chi connectivity index (χ3v) is 8.67. The van der Waals surface area contributed by atoms with Gasteiger partial charge in [0.25, 0.3) is 11.8 Å². The van der Waals surface area contributed by atoms with E-state index in [-0.39, 0.29) is 11.6 Å². The summed E-state index contributed by atoms with van der Waals surface area (Å²) >= 11 is 7.63. The first-order valence-corrected chi connectivity index (χ1v) is 16.0. The highest BCUT2D eigenvalue weighted by molar-refractivity contribution is 8.00. The molecular formula is C38H32ClN3O4S. The maximum Gasteiger partial charge on any atom is 0.272 e. The lowest BCUT2D eigenvalue weighted by Crippen LogP contribution is -2.30. The molecule has 0 saturated carbocycles. The zero-order chi connectivity index (χ0) is 33.2. The van der Waals surface area contributed by atoms with E-state index >= 15 is 0 Å². The number of ether oxygens (including phenoxy) is 1. The van der Waals surface area contributed by atoms with Crippen molar-refractivity contribution in [2.75, 3.05) is 17.7 Å². The average molecular weight is 662 g/mol. The predicted octanol–water partition coefficient (Wildman–Crippen LogP) is 8.54. The molecule has 9 heteroatoms. The van der Waals surface area contributed by atoms with Crippen LogP contribution in [-0.4, -0.2) is 24.8 Å². The summed E-state index contributed by atoms with van der Waals surface area (Å²) in [5.41, 5.74) is 4.10. The Balaban J connectivity index is 1.38. The van der Waals surface area contributed by atoms with Gasteiger partial charge < -0.3 is 20.7 Å². The number of carbonyl (C=O) groups excluding carboxylic acids is 3. The summed E-state index contributed by atoms with van der Waals surface area (Å²) in [7, 11) is 1.53. The second kappa shape index (κ2) is 15.8. The van der Waals surface area contributed by atoms with E-state index in [1.807, 2.05) is 73.7 Å². The normalized spacial score (nSPS) is 11.7. The number of thioether (sulfide) groups is 1. The molecule has 0 fully saturated rings. The van der Waals surface area contributed by atoms with Gasteiger partial charge in [-0.2, -0.15) is 0 Å². The van der Waals surface area contributed by atoms with Crippen LogP contribution in [0.3, 0.4) is 0 Å². The number of hydrogen-bond acceptors (Lipinski definition) is 5. The van der Waals surface area contributed by atoms with Crippen LogP contribution >= 0.6 is 23.4 Å². The minimum Gasteiger partial charge on any atom is -0.495 e. The van der Waals surface area contributed by atoms with Crippen LogP contribution in [0.4, 0.5) is 11.4 Å². The van der Waals surface area contributed by atoms with Crippen molar-refractivity contribution in [2.45, 2.75) is 17.1 Å². The molecule has 1 unspecified atom stereocenters. The molecule has 3 amide bonds. The number of nitrogens with one attached hydrogen (secondary N) is 3. The summed E-state index contributed by atoms with van der Waals surface area (Å²) in [4.78, 5) is 41.1. The van der Waals surface area contributed by atoms with Gasteiger partial charge in [-0.25, -0.2) is 0 Å². The quantitative estimate of drug-likeness (QED) is 0.0974. The number of anilines is 2. The number of hydrogen-bond donors (Lipinski definition) is 3. The fourth-order valence-electron chi connectivity index (χ4n) is 4.68. The number of methoxy groups -OCH3 is 1. The van der Waals surface area contributed by atoms with E-state index < -0.39 is 17.1 Å². The zero-order valence-electron chi connectivity index (χ0n) is 25.7. The molecular weight excluding hydrogens is 630 g/mol. The van der Waals surface area contributed by atoms with Crippen molar-refractivity contribution in [3.8, 4) is 5.75 Å². The minimum atomic E-state index is -0.621. The minimum absolute atomic E-state index is 0.0888. The van der Waals surface area contributed by atoms with E-state index in [0.29, 0.717) is 27.7 Å². The molecule has 0 bridgehead atoms. The van der Waals surface area contributed by atoms with E-state index in [2.05, 4.69) is 16.0 Å². The van der Waals surface area contributed by atoms with Crippen LogP contribution in [0.5, 0.6) is 5.75 Å².